The monoisotopic (exact) mass is 355 g/mol. The van der Waals surface area contributed by atoms with Gasteiger partial charge in [0.05, 0.1) is 17.1 Å². The van der Waals surface area contributed by atoms with Crippen LogP contribution in [0.15, 0.2) is 29.3 Å². The maximum absolute atomic E-state index is 12.2. The van der Waals surface area contributed by atoms with Crippen molar-refractivity contribution in [2.24, 2.45) is 5.92 Å². The van der Waals surface area contributed by atoms with Crippen LogP contribution in [0.2, 0.25) is 0 Å². The number of aryl methyl sites for hydroxylation is 1. The Hall–Kier alpha value is -2.08. The molecular formula is C20H29N5O. The van der Waals surface area contributed by atoms with Gasteiger partial charge in [-0.1, -0.05) is 20.8 Å². The number of piperidine rings is 1. The van der Waals surface area contributed by atoms with Gasteiger partial charge in [-0.15, -0.1) is 0 Å². The number of hydrogen-bond donors (Lipinski definition) is 0. The van der Waals surface area contributed by atoms with Crippen LogP contribution in [0.1, 0.15) is 50.7 Å². The molecule has 0 aliphatic carbocycles. The van der Waals surface area contributed by atoms with Crippen LogP contribution in [0, 0.1) is 12.8 Å². The highest BCUT2D eigenvalue weighted by molar-refractivity contribution is 5.10. The normalized spacial score (nSPS) is 16.8. The van der Waals surface area contributed by atoms with Gasteiger partial charge in [0.1, 0.15) is 0 Å². The summed E-state index contributed by atoms with van der Waals surface area (Å²) in [6.45, 7) is 11.9. The minimum absolute atomic E-state index is 0.00420. The summed E-state index contributed by atoms with van der Waals surface area (Å²) in [5.74, 6) is 0.496. The van der Waals surface area contributed by atoms with Gasteiger partial charge in [0.25, 0.3) is 5.56 Å². The fourth-order valence-electron chi connectivity index (χ4n) is 3.37. The van der Waals surface area contributed by atoms with Gasteiger partial charge >= 0.3 is 0 Å². The third-order valence-corrected chi connectivity index (χ3v) is 4.96. The lowest BCUT2D eigenvalue weighted by molar-refractivity contribution is 0.161. The maximum Gasteiger partial charge on any atom is 0.266 e. The second-order valence-electron chi connectivity index (χ2n) is 8.36. The first kappa shape index (κ1) is 18.7. The van der Waals surface area contributed by atoms with Crippen molar-refractivity contribution in [2.45, 2.75) is 59.0 Å². The molecule has 0 N–H and O–H groups in total. The Labute approximate surface area is 155 Å². The van der Waals surface area contributed by atoms with E-state index in [0.717, 1.165) is 49.6 Å². The van der Waals surface area contributed by atoms with E-state index in [4.69, 9.17) is 0 Å². The van der Waals surface area contributed by atoms with Crippen LogP contribution >= 0.6 is 0 Å². The Morgan fingerprint density at radius 2 is 1.88 bits per heavy atom. The molecule has 0 atom stereocenters. The van der Waals surface area contributed by atoms with Gasteiger partial charge in [-0.05, 0) is 44.8 Å². The van der Waals surface area contributed by atoms with E-state index in [-0.39, 0.29) is 11.0 Å². The highest BCUT2D eigenvalue weighted by Gasteiger charge is 2.22. The number of nitrogens with zero attached hydrogens (tertiary/aromatic N) is 5. The van der Waals surface area contributed by atoms with Crippen LogP contribution in [0.4, 0.5) is 0 Å². The first-order chi connectivity index (χ1) is 12.3. The molecule has 0 amide bonds. The van der Waals surface area contributed by atoms with Crippen LogP contribution in [-0.4, -0.2) is 37.7 Å². The molecule has 1 saturated heterocycles. The van der Waals surface area contributed by atoms with E-state index in [0.29, 0.717) is 12.5 Å². The number of aromatic nitrogens is 4. The van der Waals surface area contributed by atoms with Crippen LogP contribution in [0.5, 0.6) is 0 Å². The summed E-state index contributed by atoms with van der Waals surface area (Å²) in [5, 5.41) is 4.61. The van der Waals surface area contributed by atoms with Crippen LogP contribution < -0.4 is 5.56 Å². The molecule has 0 saturated carbocycles. The predicted octanol–water partition coefficient (Wildman–Crippen LogP) is 2.55. The predicted molar refractivity (Wildman–Crippen MR) is 102 cm³/mol. The Morgan fingerprint density at radius 1 is 1.15 bits per heavy atom. The average Bonchev–Trinajstić information content (AvgIpc) is 2.57. The van der Waals surface area contributed by atoms with Crippen LogP contribution in [0.25, 0.3) is 0 Å². The van der Waals surface area contributed by atoms with E-state index in [1.807, 2.05) is 19.2 Å². The van der Waals surface area contributed by atoms with Crippen molar-refractivity contribution in [1.82, 2.24) is 24.6 Å². The zero-order valence-electron chi connectivity index (χ0n) is 16.3. The minimum atomic E-state index is -0.0480. The Balaban J connectivity index is 1.58. The van der Waals surface area contributed by atoms with E-state index in [2.05, 4.69) is 40.7 Å². The van der Waals surface area contributed by atoms with Crippen molar-refractivity contribution >= 4 is 0 Å². The van der Waals surface area contributed by atoms with Crippen molar-refractivity contribution in [2.75, 3.05) is 13.1 Å². The van der Waals surface area contributed by atoms with Gasteiger partial charge in [0.15, 0.2) is 0 Å². The summed E-state index contributed by atoms with van der Waals surface area (Å²) >= 11 is 0. The zero-order valence-corrected chi connectivity index (χ0v) is 16.3. The van der Waals surface area contributed by atoms with Crippen LogP contribution in [-0.2, 0) is 18.5 Å². The summed E-state index contributed by atoms with van der Waals surface area (Å²) in [4.78, 5) is 23.4. The quantitative estimate of drug-likeness (QED) is 0.843. The standard InChI is InChI=1S/C20H29N5O/c1-15-11-21-12-17(22-15)14-24-9-7-16(8-10-24)13-25-19(26)6-5-18(23-25)20(2,3)4/h5-6,11-12,16H,7-10,13-14H2,1-4H3. The molecule has 0 unspecified atom stereocenters. The third kappa shape index (κ3) is 4.75. The molecule has 26 heavy (non-hydrogen) atoms. The SMILES string of the molecule is Cc1cncc(CN2CCC(Cn3nc(C(C)(C)C)ccc3=O)CC2)n1. The molecule has 6 heteroatoms. The summed E-state index contributed by atoms with van der Waals surface area (Å²) in [6, 6.07) is 3.50. The van der Waals surface area contributed by atoms with Gasteiger partial charge in [0.2, 0.25) is 0 Å². The molecule has 0 spiro atoms. The first-order valence-electron chi connectivity index (χ1n) is 9.40. The van der Waals surface area contributed by atoms with E-state index in [1.54, 1.807) is 16.9 Å². The zero-order chi connectivity index (χ0) is 18.7. The molecule has 2 aromatic heterocycles. The lowest BCUT2D eigenvalue weighted by Gasteiger charge is -2.31. The fraction of sp³-hybridized carbons (Fsp3) is 0.600. The molecule has 140 valence electrons. The molecule has 6 nitrogen and oxygen atoms in total. The molecule has 0 radical (unpaired) electrons. The summed E-state index contributed by atoms with van der Waals surface area (Å²) in [5.41, 5.74) is 2.90. The Kier molecular flexibility index (Phi) is 5.51. The highest BCUT2D eigenvalue weighted by atomic mass is 16.1. The lowest BCUT2D eigenvalue weighted by atomic mass is 9.92. The second kappa shape index (κ2) is 7.66. The molecular weight excluding hydrogens is 326 g/mol. The number of rotatable bonds is 4. The minimum Gasteiger partial charge on any atom is -0.297 e. The highest BCUT2D eigenvalue weighted by Crippen LogP contribution is 2.21. The van der Waals surface area contributed by atoms with Gasteiger partial charge in [-0.2, -0.15) is 5.10 Å². The van der Waals surface area contributed by atoms with Gasteiger partial charge < -0.3 is 0 Å². The Morgan fingerprint density at radius 3 is 2.54 bits per heavy atom. The third-order valence-electron chi connectivity index (χ3n) is 4.96. The molecule has 2 aromatic rings. The van der Waals surface area contributed by atoms with Crippen molar-refractivity contribution in [3.63, 3.8) is 0 Å². The molecule has 0 aromatic carbocycles. The van der Waals surface area contributed by atoms with Gasteiger partial charge in [-0.25, -0.2) is 4.68 Å². The molecule has 1 aliphatic rings. The molecule has 1 fully saturated rings. The molecule has 3 rings (SSSR count). The van der Waals surface area contributed by atoms with E-state index < -0.39 is 0 Å². The number of hydrogen-bond acceptors (Lipinski definition) is 5. The van der Waals surface area contributed by atoms with Crippen molar-refractivity contribution < 1.29 is 0 Å². The Bertz CT molecular complexity index is 800. The molecule has 0 bridgehead atoms. The van der Waals surface area contributed by atoms with E-state index in [9.17, 15) is 4.79 Å². The topological polar surface area (TPSA) is 63.9 Å². The average molecular weight is 355 g/mol. The van der Waals surface area contributed by atoms with Crippen LogP contribution in [0.3, 0.4) is 0 Å². The largest absolute Gasteiger partial charge is 0.297 e. The summed E-state index contributed by atoms with van der Waals surface area (Å²) < 4.78 is 1.66. The summed E-state index contributed by atoms with van der Waals surface area (Å²) in [6.07, 6.45) is 5.78. The van der Waals surface area contributed by atoms with Gasteiger partial charge in [-0.3, -0.25) is 19.7 Å². The van der Waals surface area contributed by atoms with Crippen molar-refractivity contribution in [3.05, 3.63) is 52.0 Å². The fourth-order valence-corrected chi connectivity index (χ4v) is 3.37. The van der Waals surface area contributed by atoms with Crippen molar-refractivity contribution in [3.8, 4) is 0 Å². The summed E-state index contributed by atoms with van der Waals surface area (Å²) in [7, 11) is 0. The van der Waals surface area contributed by atoms with Crippen molar-refractivity contribution in [1.29, 1.82) is 0 Å². The molecule has 1 aliphatic heterocycles. The maximum atomic E-state index is 12.2. The first-order valence-corrected chi connectivity index (χ1v) is 9.40. The smallest absolute Gasteiger partial charge is 0.266 e. The van der Waals surface area contributed by atoms with Gasteiger partial charge in [0, 0.05) is 37.0 Å². The van der Waals surface area contributed by atoms with E-state index in [1.165, 1.54) is 0 Å². The number of likely N-dealkylation sites (tertiary alicyclic amines) is 1. The lowest BCUT2D eigenvalue weighted by Crippen LogP contribution is -2.37. The molecule has 3 heterocycles. The second-order valence-corrected chi connectivity index (χ2v) is 8.36. The van der Waals surface area contributed by atoms with E-state index >= 15 is 0 Å².